The third-order valence-corrected chi connectivity index (χ3v) is 4.81. The monoisotopic (exact) mass is 352 g/mol. The van der Waals surface area contributed by atoms with Crippen molar-refractivity contribution in [1.29, 1.82) is 0 Å². The predicted octanol–water partition coefficient (Wildman–Crippen LogP) is 2.39. The molecular formula is C13H18Cl2N2O3S. The number of hydrogen-bond donors (Lipinski definition) is 1. The van der Waals surface area contributed by atoms with Crippen LogP contribution in [0.15, 0.2) is 18.2 Å². The van der Waals surface area contributed by atoms with E-state index < -0.39 is 10.0 Å². The second-order valence-electron chi connectivity index (χ2n) is 4.55. The number of amides is 1. The molecule has 0 spiro atoms. The lowest BCUT2D eigenvalue weighted by Gasteiger charge is -2.19. The maximum absolute atomic E-state index is 11.9. The zero-order chi connectivity index (χ0) is 16.0. The Balaban J connectivity index is 2.58. The molecule has 0 radical (unpaired) electrons. The number of rotatable bonds is 7. The maximum atomic E-state index is 11.9. The van der Waals surface area contributed by atoms with Gasteiger partial charge in [-0.2, -0.15) is 0 Å². The molecule has 1 aromatic carbocycles. The molecule has 5 nitrogen and oxygen atoms in total. The van der Waals surface area contributed by atoms with Gasteiger partial charge in [0.15, 0.2) is 0 Å². The van der Waals surface area contributed by atoms with E-state index >= 15 is 0 Å². The van der Waals surface area contributed by atoms with Crippen molar-refractivity contribution < 1.29 is 13.2 Å². The molecule has 8 heteroatoms. The van der Waals surface area contributed by atoms with Gasteiger partial charge in [0.1, 0.15) is 0 Å². The molecule has 1 rings (SSSR count). The van der Waals surface area contributed by atoms with Crippen LogP contribution in [0, 0.1) is 0 Å². The van der Waals surface area contributed by atoms with Gasteiger partial charge in [0.2, 0.25) is 10.0 Å². The zero-order valence-corrected chi connectivity index (χ0v) is 14.2. The normalized spacial score (nSPS) is 11.7. The summed E-state index contributed by atoms with van der Waals surface area (Å²) in [6.07, 6.45) is 1.87. The Morgan fingerprint density at radius 2 is 1.90 bits per heavy atom. The number of benzene rings is 1. The third kappa shape index (κ3) is 5.82. The average molecular weight is 353 g/mol. The Labute approximate surface area is 135 Å². The molecule has 118 valence electrons. The molecule has 0 aliphatic carbocycles. The molecule has 0 unspecified atom stereocenters. The largest absolute Gasteiger partial charge is 0.351 e. The average Bonchev–Trinajstić information content (AvgIpc) is 2.39. The van der Waals surface area contributed by atoms with E-state index in [2.05, 4.69) is 5.32 Å². The minimum atomic E-state index is -3.26. The second-order valence-corrected chi connectivity index (χ2v) is 7.34. The van der Waals surface area contributed by atoms with Crippen molar-refractivity contribution in [2.45, 2.75) is 13.3 Å². The van der Waals surface area contributed by atoms with E-state index in [1.165, 1.54) is 10.4 Å². The van der Waals surface area contributed by atoms with Crippen LogP contribution in [0.3, 0.4) is 0 Å². The summed E-state index contributed by atoms with van der Waals surface area (Å²) in [6, 6.07) is 4.57. The van der Waals surface area contributed by atoms with Crippen molar-refractivity contribution >= 4 is 39.1 Å². The molecule has 0 saturated heterocycles. The van der Waals surface area contributed by atoms with E-state index in [9.17, 15) is 13.2 Å². The Morgan fingerprint density at radius 1 is 1.24 bits per heavy atom. The lowest BCUT2D eigenvalue weighted by Crippen LogP contribution is -2.38. The molecular weight excluding hydrogens is 335 g/mol. The summed E-state index contributed by atoms with van der Waals surface area (Å²) in [7, 11) is -3.26. The van der Waals surface area contributed by atoms with Crippen LogP contribution in [0.1, 0.15) is 23.7 Å². The fourth-order valence-corrected chi connectivity index (χ4v) is 2.96. The van der Waals surface area contributed by atoms with Crippen LogP contribution in [0.25, 0.3) is 0 Å². The first-order chi connectivity index (χ1) is 9.75. The quantitative estimate of drug-likeness (QED) is 0.819. The third-order valence-electron chi connectivity index (χ3n) is 2.77. The SMILES string of the molecule is CCCN(CCNC(=O)c1ccc(Cl)c(Cl)c1)S(C)(=O)=O. The predicted molar refractivity (Wildman–Crippen MR) is 85.5 cm³/mol. The van der Waals surface area contributed by atoms with Gasteiger partial charge in [-0.15, -0.1) is 0 Å². The molecule has 1 N–H and O–H groups in total. The van der Waals surface area contributed by atoms with Crippen LogP contribution < -0.4 is 5.32 Å². The summed E-state index contributed by atoms with van der Waals surface area (Å²) in [6.45, 7) is 2.79. The summed E-state index contributed by atoms with van der Waals surface area (Å²) in [4.78, 5) is 11.9. The molecule has 0 bridgehead atoms. The lowest BCUT2D eigenvalue weighted by molar-refractivity contribution is 0.0951. The Morgan fingerprint density at radius 3 is 2.43 bits per heavy atom. The second kappa shape index (κ2) is 7.98. The van der Waals surface area contributed by atoms with Crippen molar-refractivity contribution in [3.63, 3.8) is 0 Å². The van der Waals surface area contributed by atoms with Gasteiger partial charge in [-0.3, -0.25) is 4.79 Å². The zero-order valence-electron chi connectivity index (χ0n) is 11.9. The molecule has 1 aromatic rings. The minimum absolute atomic E-state index is 0.228. The van der Waals surface area contributed by atoms with E-state index in [0.717, 1.165) is 6.26 Å². The van der Waals surface area contributed by atoms with Crippen LogP contribution in [0.2, 0.25) is 10.0 Å². The molecule has 0 atom stereocenters. The van der Waals surface area contributed by atoms with Gasteiger partial charge in [0.05, 0.1) is 16.3 Å². The Bertz CT molecular complexity index is 605. The maximum Gasteiger partial charge on any atom is 0.251 e. The topological polar surface area (TPSA) is 66.5 Å². The van der Waals surface area contributed by atoms with Gasteiger partial charge in [-0.1, -0.05) is 30.1 Å². The number of sulfonamides is 1. The van der Waals surface area contributed by atoms with Gasteiger partial charge in [-0.05, 0) is 24.6 Å². The number of carbonyl (C=O) groups is 1. The highest BCUT2D eigenvalue weighted by Crippen LogP contribution is 2.22. The standard InChI is InChI=1S/C13H18Cl2N2O3S/c1-3-7-17(21(2,19)20)8-6-16-13(18)10-4-5-11(14)12(15)9-10/h4-5,9H,3,6-8H2,1-2H3,(H,16,18). The molecule has 0 aliphatic rings. The summed E-state index contributed by atoms with van der Waals surface area (Å²) in [5.74, 6) is -0.321. The number of halogens is 2. The summed E-state index contributed by atoms with van der Waals surface area (Å²) >= 11 is 11.6. The molecule has 0 aliphatic heterocycles. The highest BCUT2D eigenvalue weighted by atomic mass is 35.5. The highest BCUT2D eigenvalue weighted by Gasteiger charge is 2.15. The van der Waals surface area contributed by atoms with Gasteiger partial charge < -0.3 is 5.32 Å². The smallest absolute Gasteiger partial charge is 0.251 e. The number of nitrogens with zero attached hydrogens (tertiary/aromatic N) is 1. The van der Waals surface area contributed by atoms with Crippen molar-refractivity contribution in [1.82, 2.24) is 9.62 Å². The molecule has 21 heavy (non-hydrogen) atoms. The van der Waals surface area contributed by atoms with Crippen molar-refractivity contribution in [3.05, 3.63) is 33.8 Å². The van der Waals surface area contributed by atoms with Crippen molar-refractivity contribution in [2.75, 3.05) is 25.9 Å². The molecule has 0 aromatic heterocycles. The van der Waals surface area contributed by atoms with Gasteiger partial charge in [0, 0.05) is 25.2 Å². The van der Waals surface area contributed by atoms with Crippen LogP contribution in [0.4, 0.5) is 0 Å². The molecule has 0 fully saturated rings. The number of carbonyl (C=O) groups excluding carboxylic acids is 1. The van der Waals surface area contributed by atoms with E-state index in [0.29, 0.717) is 28.6 Å². The fourth-order valence-electron chi connectivity index (χ4n) is 1.73. The first kappa shape index (κ1) is 18.2. The summed E-state index contributed by atoms with van der Waals surface area (Å²) in [5.41, 5.74) is 0.380. The van der Waals surface area contributed by atoms with Gasteiger partial charge in [-0.25, -0.2) is 12.7 Å². The van der Waals surface area contributed by atoms with E-state index in [4.69, 9.17) is 23.2 Å². The van der Waals surface area contributed by atoms with Gasteiger partial charge >= 0.3 is 0 Å². The molecule has 0 heterocycles. The molecule has 0 saturated carbocycles. The fraction of sp³-hybridized carbons (Fsp3) is 0.462. The van der Waals surface area contributed by atoms with E-state index in [1.54, 1.807) is 12.1 Å². The van der Waals surface area contributed by atoms with Gasteiger partial charge in [0.25, 0.3) is 5.91 Å². The van der Waals surface area contributed by atoms with Crippen molar-refractivity contribution in [2.24, 2.45) is 0 Å². The van der Waals surface area contributed by atoms with E-state index in [1.807, 2.05) is 6.92 Å². The van der Waals surface area contributed by atoms with E-state index in [-0.39, 0.29) is 19.0 Å². The number of hydrogen-bond acceptors (Lipinski definition) is 3. The first-order valence-electron chi connectivity index (χ1n) is 6.44. The summed E-state index contributed by atoms with van der Waals surface area (Å²) in [5, 5.41) is 3.33. The van der Waals surface area contributed by atoms with Crippen LogP contribution in [0.5, 0.6) is 0 Å². The first-order valence-corrected chi connectivity index (χ1v) is 9.04. The Hall–Kier alpha value is -0.820. The van der Waals surface area contributed by atoms with Crippen LogP contribution >= 0.6 is 23.2 Å². The lowest BCUT2D eigenvalue weighted by atomic mass is 10.2. The van der Waals surface area contributed by atoms with Crippen LogP contribution in [-0.4, -0.2) is 44.5 Å². The highest BCUT2D eigenvalue weighted by molar-refractivity contribution is 7.88. The Kier molecular flexibility index (Phi) is 6.93. The minimum Gasteiger partial charge on any atom is -0.351 e. The summed E-state index contributed by atoms with van der Waals surface area (Å²) < 4.78 is 24.4. The molecule has 1 amide bonds. The van der Waals surface area contributed by atoms with Crippen LogP contribution in [-0.2, 0) is 10.0 Å². The number of nitrogens with one attached hydrogen (secondary N) is 1. The van der Waals surface area contributed by atoms with Crippen molar-refractivity contribution in [3.8, 4) is 0 Å².